The van der Waals surface area contributed by atoms with Crippen molar-refractivity contribution in [2.24, 2.45) is 0 Å². The maximum atomic E-state index is 12.3. The van der Waals surface area contributed by atoms with E-state index in [4.69, 9.17) is 9.47 Å². The first kappa shape index (κ1) is 18.3. The molecule has 0 bridgehead atoms. The third-order valence-electron chi connectivity index (χ3n) is 3.72. The van der Waals surface area contributed by atoms with Gasteiger partial charge in [-0.1, -0.05) is 0 Å². The lowest BCUT2D eigenvalue weighted by atomic mass is 10.1. The Bertz CT molecular complexity index is 757. The van der Waals surface area contributed by atoms with Gasteiger partial charge in [0.05, 0.1) is 14.2 Å². The molecule has 132 valence electrons. The molecule has 6 heteroatoms. The number of ketones is 1. The highest BCUT2D eigenvalue weighted by atomic mass is 16.5. The van der Waals surface area contributed by atoms with Crippen LogP contribution in [-0.4, -0.2) is 32.0 Å². The van der Waals surface area contributed by atoms with Crippen molar-refractivity contribution in [1.29, 1.82) is 0 Å². The van der Waals surface area contributed by atoms with Crippen LogP contribution in [0.1, 0.15) is 24.2 Å². The van der Waals surface area contributed by atoms with Gasteiger partial charge in [-0.05, 0) is 50.2 Å². The number of carbonyl (C=O) groups excluding carboxylic acids is 2. The maximum Gasteiger partial charge on any atom is 0.246 e. The van der Waals surface area contributed by atoms with Crippen molar-refractivity contribution >= 4 is 23.1 Å². The van der Waals surface area contributed by atoms with E-state index in [1.165, 1.54) is 6.92 Å². The minimum Gasteiger partial charge on any atom is -0.493 e. The molecule has 0 saturated carbocycles. The van der Waals surface area contributed by atoms with Gasteiger partial charge in [-0.15, -0.1) is 0 Å². The number of amides is 1. The zero-order valence-corrected chi connectivity index (χ0v) is 14.8. The van der Waals surface area contributed by atoms with Crippen LogP contribution in [0.2, 0.25) is 0 Å². The van der Waals surface area contributed by atoms with Gasteiger partial charge >= 0.3 is 0 Å². The molecule has 0 aliphatic carbocycles. The molecule has 0 heterocycles. The van der Waals surface area contributed by atoms with Gasteiger partial charge in [0.2, 0.25) is 5.91 Å². The van der Waals surface area contributed by atoms with E-state index >= 15 is 0 Å². The molecule has 0 spiro atoms. The molecule has 0 fully saturated rings. The van der Waals surface area contributed by atoms with Crippen LogP contribution in [0.4, 0.5) is 11.4 Å². The lowest BCUT2D eigenvalue weighted by Gasteiger charge is -2.17. The molecule has 0 aliphatic heterocycles. The normalized spacial score (nSPS) is 11.4. The summed E-state index contributed by atoms with van der Waals surface area (Å²) >= 11 is 0. The predicted octanol–water partition coefficient (Wildman–Crippen LogP) is 3.35. The Labute approximate surface area is 147 Å². The smallest absolute Gasteiger partial charge is 0.246 e. The van der Waals surface area contributed by atoms with Crippen LogP contribution in [0.5, 0.6) is 11.5 Å². The minimum atomic E-state index is -0.467. The molecule has 1 atom stereocenters. The Morgan fingerprint density at radius 1 is 0.920 bits per heavy atom. The topological polar surface area (TPSA) is 76.7 Å². The van der Waals surface area contributed by atoms with Crippen LogP contribution in [0, 0.1) is 0 Å². The molecule has 0 saturated heterocycles. The number of ether oxygens (including phenoxy) is 2. The molecule has 2 aromatic carbocycles. The molecule has 2 aromatic rings. The van der Waals surface area contributed by atoms with Crippen LogP contribution in [0.15, 0.2) is 42.5 Å². The standard InChI is InChI=1S/C19H22N2O4/c1-12(20-16-9-10-17(24-3)18(11-16)25-4)19(23)21-15-7-5-14(6-8-15)13(2)22/h5-12,20H,1-4H3,(H,21,23). The maximum absolute atomic E-state index is 12.3. The zero-order valence-electron chi connectivity index (χ0n) is 14.8. The molecular formula is C19H22N2O4. The zero-order chi connectivity index (χ0) is 18.4. The van der Waals surface area contributed by atoms with Crippen molar-refractivity contribution in [1.82, 2.24) is 0 Å². The number of methoxy groups -OCH3 is 2. The summed E-state index contributed by atoms with van der Waals surface area (Å²) in [5, 5.41) is 5.93. The highest BCUT2D eigenvalue weighted by Gasteiger charge is 2.14. The van der Waals surface area contributed by atoms with Crippen LogP contribution < -0.4 is 20.1 Å². The fraction of sp³-hybridized carbons (Fsp3) is 0.263. The van der Waals surface area contributed by atoms with Crippen molar-refractivity contribution in [2.75, 3.05) is 24.9 Å². The molecule has 1 unspecified atom stereocenters. The molecule has 2 N–H and O–H groups in total. The number of carbonyl (C=O) groups is 2. The number of Topliss-reactive ketones (excluding diaryl/α,β-unsaturated/α-hetero) is 1. The summed E-state index contributed by atoms with van der Waals surface area (Å²) in [6, 6.07) is 11.7. The van der Waals surface area contributed by atoms with Crippen LogP contribution in [0.3, 0.4) is 0 Å². The summed E-state index contributed by atoms with van der Waals surface area (Å²) in [6.45, 7) is 3.26. The number of nitrogens with one attached hydrogen (secondary N) is 2. The van der Waals surface area contributed by atoms with Gasteiger partial charge in [-0.25, -0.2) is 0 Å². The Kier molecular flexibility index (Phi) is 6.00. The third kappa shape index (κ3) is 4.73. The van der Waals surface area contributed by atoms with Crippen LogP contribution >= 0.6 is 0 Å². The average molecular weight is 342 g/mol. The molecule has 0 aliphatic rings. The number of benzene rings is 2. The Morgan fingerprint density at radius 2 is 1.52 bits per heavy atom. The SMILES string of the molecule is COc1ccc(NC(C)C(=O)Nc2ccc(C(C)=O)cc2)cc1OC. The number of hydrogen-bond acceptors (Lipinski definition) is 5. The molecule has 0 radical (unpaired) electrons. The van der Waals surface area contributed by atoms with E-state index in [-0.39, 0.29) is 11.7 Å². The Hall–Kier alpha value is -3.02. The Morgan fingerprint density at radius 3 is 2.08 bits per heavy atom. The van der Waals surface area contributed by atoms with Gasteiger partial charge < -0.3 is 20.1 Å². The van der Waals surface area contributed by atoms with Crippen molar-refractivity contribution < 1.29 is 19.1 Å². The van der Waals surface area contributed by atoms with Crippen molar-refractivity contribution in [3.8, 4) is 11.5 Å². The Balaban J connectivity index is 2.01. The second-order valence-corrected chi connectivity index (χ2v) is 5.56. The van der Waals surface area contributed by atoms with Crippen molar-refractivity contribution in [2.45, 2.75) is 19.9 Å². The quantitative estimate of drug-likeness (QED) is 0.755. The van der Waals surface area contributed by atoms with Gasteiger partial charge in [-0.3, -0.25) is 9.59 Å². The number of anilines is 2. The highest BCUT2D eigenvalue weighted by Crippen LogP contribution is 2.30. The average Bonchev–Trinajstić information content (AvgIpc) is 2.61. The monoisotopic (exact) mass is 342 g/mol. The van der Waals surface area contributed by atoms with E-state index < -0.39 is 6.04 Å². The number of rotatable bonds is 7. The molecular weight excluding hydrogens is 320 g/mol. The van der Waals surface area contributed by atoms with Crippen LogP contribution in [-0.2, 0) is 4.79 Å². The largest absolute Gasteiger partial charge is 0.493 e. The van der Waals surface area contributed by atoms with Crippen molar-refractivity contribution in [3.63, 3.8) is 0 Å². The van der Waals surface area contributed by atoms with Gasteiger partial charge in [0.1, 0.15) is 6.04 Å². The van der Waals surface area contributed by atoms with Gasteiger partial charge in [0.25, 0.3) is 0 Å². The van der Waals surface area contributed by atoms with E-state index in [1.807, 2.05) is 6.07 Å². The second kappa shape index (κ2) is 8.19. The van der Waals surface area contributed by atoms with E-state index in [2.05, 4.69) is 10.6 Å². The first-order chi connectivity index (χ1) is 11.9. The summed E-state index contributed by atoms with van der Waals surface area (Å²) in [5.74, 6) is 1.00. The van der Waals surface area contributed by atoms with Gasteiger partial charge in [0.15, 0.2) is 17.3 Å². The highest BCUT2D eigenvalue weighted by molar-refractivity contribution is 5.98. The molecule has 0 aromatic heterocycles. The summed E-state index contributed by atoms with van der Waals surface area (Å²) in [4.78, 5) is 23.6. The predicted molar refractivity (Wildman–Crippen MR) is 97.7 cm³/mol. The molecule has 25 heavy (non-hydrogen) atoms. The lowest BCUT2D eigenvalue weighted by Crippen LogP contribution is -2.31. The first-order valence-electron chi connectivity index (χ1n) is 7.85. The van der Waals surface area contributed by atoms with E-state index in [0.717, 1.165) is 5.69 Å². The fourth-order valence-corrected chi connectivity index (χ4v) is 2.28. The first-order valence-corrected chi connectivity index (χ1v) is 7.85. The van der Waals surface area contributed by atoms with E-state index in [0.29, 0.717) is 22.7 Å². The second-order valence-electron chi connectivity index (χ2n) is 5.56. The van der Waals surface area contributed by atoms with Crippen molar-refractivity contribution in [3.05, 3.63) is 48.0 Å². The fourth-order valence-electron chi connectivity index (χ4n) is 2.28. The molecule has 6 nitrogen and oxygen atoms in total. The minimum absolute atomic E-state index is 0.0126. The molecule has 1 amide bonds. The third-order valence-corrected chi connectivity index (χ3v) is 3.72. The summed E-state index contributed by atoms with van der Waals surface area (Å²) in [6.07, 6.45) is 0. The van der Waals surface area contributed by atoms with Gasteiger partial charge in [-0.2, -0.15) is 0 Å². The lowest BCUT2D eigenvalue weighted by molar-refractivity contribution is -0.116. The van der Waals surface area contributed by atoms with E-state index in [9.17, 15) is 9.59 Å². The van der Waals surface area contributed by atoms with Gasteiger partial charge in [0, 0.05) is 23.0 Å². The van der Waals surface area contributed by atoms with E-state index in [1.54, 1.807) is 57.5 Å². The van der Waals surface area contributed by atoms with Crippen LogP contribution in [0.25, 0.3) is 0 Å². The summed E-state index contributed by atoms with van der Waals surface area (Å²) in [5.41, 5.74) is 1.98. The summed E-state index contributed by atoms with van der Waals surface area (Å²) < 4.78 is 10.4. The summed E-state index contributed by atoms with van der Waals surface area (Å²) in [7, 11) is 3.13. The molecule has 2 rings (SSSR count). The number of hydrogen-bond donors (Lipinski definition) is 2.